The standard InChI is InChI=1S/C61H39NS/c1-2-14-42(15-3-1)61(57-23-11-8-20-52(57)53-21-9-12-24-58(53)61)43-29-33-45(34-30-43)62(46-35-36-51-49-18-5-4-16-47(49)48-17-6-7-19-50(48)55(51)39-46)44-31-26-40(27-32-44)41-28-37-60-56(38-41)54-22-10-13-25-59(54)63-60/h1-39H. The van der Waals surface area contributed by atoms with Gasteiger partial charge in [-0.15, -0.1) is 11.3 Å². The van der Waals surface area contributed by atoms with Crippen molar-refractivity contribution in [1.82, 2.24) is 0 Å². The Kier molecular flexibility index (Phi) is 8.06. The fraction of sp³-hybridized carbons (Fsp3) is 0.0164. The molecule has 1 nitrogen and oxygen atoms in total. The van der Waals surface area contributed by atoms with E-state index < -0.39 is 5.41 Å². The Morgan fingerprint density at radius 2 is 0.746 bits per heavy atom. The maximum atomic E-state index is 2.43. The molecule has 294 valence electrons. The van der Waals surface area contributed by atoms with Gasteiger partial charge in [-0.2, -0.15) is 0 Å². The minimum atomic E-state index is -0.461. The molecule has 0 saturated carbocycles. The van der Waals surface area contributed by atoms with Gasteiger partial charge in [0.05, 0.1) is 5.41 Å². The maximum absolute atomic E-state index is 2.43. The van der Waals surface area contributed by atoms with Gasteiger partial charge in [-0.05, 0) is 131 Å². The number of hydrogen-bond acceptors (Lipinski definition) is 2. The molecule has 0 fully saturated rings. The van der Waals surface area contributed by atoms with Crippen LogP contribution in [0.3, 0.4) is 0 Å². The molecule has 1 heterocycles. The summed E-state index contributed by atoms with van der Waals surface area (Å²) in [7, 11) is 0. The first-order valence-corrected chi connectivity index (χ1v) is 22.6. The van der Waals surface area contributed by atoms with Crippen LogP contribution < -0.4 is 4.90 Å². The highest BCUT2D eigenvalue weighted by Crippen LogP contribution is 2.56. The normalized spacial score (nSPS) is 12.9. The highest BCUT2D eigenvalue weighted by molar-refractivity contribution is 7.25. The Morgan fingerprint density at radius 1 is 0.286 bits per heavy atom. The van der Waals surface area contributed by atoms with E-state index in [9.17, 15) is 0 Å². The van der Waals surface area contributed by atoms with E-state index in [1.54, 1.807) is 0 Å². The van der Waals surface area contributed by atoms with Crippen molar-refractivity contribution in [3.63, 3.8) is 0 Å². The van der Waals surface area contributed by atoms with Gasteiger partial charge in [0, 0.05) is 37.2 Å². The van der Waals surface area contributed by atoms with Crippen LogP contribution in [0, 0.1) is 0 Å². The second kappa shape index (κ2) is 14.1. The summed E-state index contributed by atoms with van der Waals surface area (Å²) in [5.41, 5.74) is 13.0. The van der Waals surface area contributed by atoms with Crippen LogP contribution >= 0.6 is 11.3 Å². The summed E-state index contributed by atoms with van der Waals surface area (Å²) in [5.74, 6) is 0. The molecule has 0 atom stereocenters. The molecule has 0 aliphatic heterocycles. The minimum Gasteiger partial charge on any atom is -0.310 e. The van der Waals surface area contributed by atoms with Crippen LogP contribution in [-0.4, -0.2) is 0 Å². The van der Waals surface area contributed by atoms with E-state index >= 15 is 0 Å². The highest BCUT2D eigenvalue weighted by Gasteiger charge is 2.45. The second-order valence-electron chi connectivity index (χ2n) is 16.8. The van der Waals surface area contributed by atoms with E-state index in [0.717, 1.165) is 17.1 Å². The fourth-order valence-corrected chi connectivity index (χ4v) is 11.8. The predicted molar refractivity (Wildman–Crippen MR) is 269 cm³/mol. The Hall–Kier alpha value is -7.78. The lowest BCUT2D eigenvalue weighted by atomic mass is 9.68. The molecular formula is C61H39NS. The lowest BCUT2D eigenvalue weighted by Crippen LogP contribution is -2.28. The first kappa shape index (κ1) is 35.9. The Labute approximate surface area is 370 Å². The van der Waals surface area contributed by atoms with Crippen molar-refractivity contribution in [3.8, 4) is 22.3 Å². The van der Waals surface area contributed by atoms with Crippen molar-refractivity contribution < 1.29 is 0 Å². The molecule has 11 aromatic carbocycles. The molecule has 0 spiro atoms. The first-order valence-electron chi connectivity index (χ1n) is 21.7. The van der Waals surface area contributed by atoms with Gasteiger partial charge in [-0.3, -0.25) is 0 Å². The largest absolute Gasteiger partial charge is 0.310 e. The van der Waals surface area contributed by atoms with Crippen molar-refractivity contribution in [2.75, 3.05) is 4.90 Å². The number of anilines is 3. The smallest absolute Gasteiger partial charge is 0.0713 e. The number of fused-ring (bicyclic) bond motifs is 12. The Balaban J connectivity index is 0.994. The van der Waals surface area contributed by atoms with Crippen LogP contribution in [0.25, 0.3) is 74.7 Å². The van der Waals surface area contributed by atoms with Gasteiger partial charge in [0.2, 0.25) is 0 Å². The van der Waals surface area contributed by atoms with E-state index in [1.807, 2.05) is 11.3 Å². The van der Waals surface area contributed by atoms with Gasteiger partial charge in [-0.25, -0.2) is 0 Å². The molecule has 0 radical (unpaired) electrons. The summed E-state index contributed by atoms with van der Waals surface area (Å²) < 4.78 is 2.65. The summed E-state index contributed by atoms with van der Waals surface area (Å²) in [6.07, 6.45) is 0. The zero-order chi connectivity index (χ0) is 41.5. The van der Waals surface area contributed by atoms with E-state index in [4.69, 9.17) is 0 Å². The Morgan fingerprint density at radius 3 is 1.40 bits per heavy atom. The quantitative estimate of drug-likeness (QED) is 0.151. The lowest BCUT2D eigenvalue weighted by molar-refractivity contribution is 0.768. The third-order valence-corrected chi connectivity index (χ3v) is 14.7. The summed E-state index contributed by atoms with van der Waals surface area (Å²) in [5, 5.41) is 10.2. The molecule has 0 unspecified atom stereocenters. The molecule has 0 amide bonds. The lowest BCUT2D eigenvalue weighted by Gasteiger charge is -2.34. The molecule has 63 heavy (non-hydrogen) atoms. The van der Waals surface area contributed by atoms with Gasteiger partial charge in [-0.1, -0.05) is 182 Å². The van der Waals surface area contributed by atoms with Crippen molar-refractivity contribution >= 4 is 80.9 Å². The second-order valence-corrected chi connectivity index (χ2v) is 17.9. The molecule has 2 heteroatoms. The molecule has 13 rings (SSSR count). The monoisotopic (exact) mass is 817 g/mol. The van der Waals surface area contributed by atoms with E-state index in [2.05, 4.69) is 241 Å². The highest BCUT2D eigenvalue weighted by atomic mass is 32.1. The van der Waals surface area contributed by atoms with E-state index in [1.165, 1.54) is 97.0 Å². The summed E-state index contributed by atoms with van der Waals surface area (Å²) in [6.45, 7) is 0. The zero-order valence-corrected chi connectivity index (χ0v) is 35.2. The Bertz CT molecular complexity index is 3650. The molecular weight excluding hydrogens is 779 g/mol. The summed E-state index contributed by atoms with van der Waals surface area (Å²) in [4.78, 5) is 2.43. The van der Waals surface area contributed by atoms with Crippen molar-refractivity contribution in [3.05, 3.63) is 259 Å². The maximum Gasteiger partial charge on any atom is 0.0713 e. The molecule has 12 aromatic rings. The fourth-order valence-electron chi connectivity index (χ4n) is 10.8. The molecule has 1 aliphatic carbocycles. The van der Waals surface area contributed by atoms with E-state index in [-0.39, 0.29) is 0 Å². The van der Waals surface area contributed by atoms with Gasteiger partial charge < -0.3 is 4.90 Å². The summed E-state index contributed by atoms with van der Waals surface area (Å²) in [6, 6.07) is 87.9. The number of nitrogens with zero attached hydrogens (tertiary/aromatic N) is 1. The van der Waals surface area contributed by atoms with Gasteiger partial charge in [0.25, 0.3) is 0 Å². The third-order valence-electron chi connectivity index (χ3n) is 13.5. The molecule has 0 bridgehead atoms. The van der Waals surface area contributed by atoms with Crippen LogP contribution in [-0.2, 0) is 5.41 Å². The first-order chi connectivity index (χ1) is 31.2. The molecule has 1 aliphatic rings. The molecule has 1 aromatic heterocycles. The third kappa shape index (κ3) is 5.42. The average Bonchev–Trinajstić information content (AvgIpc) is 3.88. The van der Waals surface area contributed by atoms with Crippen LogP contribution in [0.2, 0.25) is 0 Å². The number of benzene rings is 11. The average molecular weight is 818 g/mol. The van der Waals surface area contributed by atoms with Crippen LogP contribution in [0.15, 0.2) is 237 Å². The van der Waals surface area contributed by atoms with Gasteiger partial charge in [0.1, 0.15) is 0 Å². The molecule has 0 N–H and O–H groups in total. The van der Waals surface area contributed by atoms with Crippen molar-refractivity contribution in [1.29, 1.82) is 0 Å². The van der Waals surface area contributed by atoms with Crippen LogP contribution in [0.5, 0.6) is 0 Å². The number of hydrogen-bond donors (Lipinski definition) is 0. The van der Waals surface area contributed by atoms with Crippen LogP contribution in [0.1, 0.15) is 22.3 Å². The zero-order valence-electron chi connectivity index (χ0n) is 34.4. The van der Waals surface area contributed by atoms with Gasteiger partial charge >= 0.3 is 0 Å². The minimum absolute atomic E-state index is 0.461. The number of rotatable bonds is 6. The topological polar surface area (TPSA) is 3.24 Å². The SMILES string of the molecule is c1ccc(C2(c3ccc(N(c4ccc(-c5ccc6sc7ccccc7c6c5)cc4)c4ccc5c6ccccc6c6ccccc6c5c4)cc3)c3ccccc3-c3ccccc32)cc1. The predicted octanol–water partition coefficient (Wildman–Crippen LogP) is 17.0. The molecule has 0 saturated heterocycles. The van der Waals surface area contributed by atoms with Crippen molar-refractivity contribution in [2.24, 2.45) is 0 Å². The number of thiophene rings is 1. The van der Waals surface area contributed by atoms with E-state index in [0.29, 0.717) is 0 Å². The summed E-state index contributed by atoms with van der Waals surface area (Å²) >= 11 is 1.86. The van der Waals surface area contributed by atoms with Crippen LogP contribution in [0.4, 0.5) is 17.1 Å². The van der Waals surface area contributed by atoms with Gasteiger partial charge in [0.15, 0.2) is 0 Å². The van der Waals surface area contributed by atoms with Crippen molar-refractivity contribution in [2.45, 2.75) is 5.41 Å².